The Labute approximate surface area is 124 Å². The van der Waals surface area contributed by atoms with E-state index in [4.69, 9.17) is 16.1 Å². The molecule has 0 unspecified atom stereocenters. The number of benzene rings is 2. The van der Waals surface area contributed by atoms with Crippen molar-refractivity contribution in [3.8, 4) is 28.6 Å². The van der Waals surface area contributed by atoms with Crippen LogP contribution in [-0.2, 0) is 0 Å². The standard InChI is InChI=1S/C15H10ClFN2O2/c1-8-4-9(6-10(17)5-8)14-18-15(21-19-14)12-7-11(20)2-3-13(12)16/h2-7,20H,1H3. The first-order valence-electron chi connectivity index (χ1n) is 6.13. The van der Waals surface area contributed by atoms with E-state index in [1.54, 1.807) is 13.0 Å². The van der Waals surface area contributed by atoms with E-state index in [1.165, 1.54) is 30.3 Å². The Bertz CT molecular complexity index is 797. The Hall–Kier alpha value is -2.40. The molecule has 0 spiro atoms. The maximum absolute atomic E-state index is 13.4. The smallest absolute Gasteiger partial charge is 0.259 e. The molecule has 0 atom stereocenters. The third-order valence-corrected chi connectivity index (χ3v) is 3.24. The molecule has 0 bridgehead atoms. The van der Waals surface area contributed by atoms with Gasteiger partial charge in [0.15, 0.2) is 0 Å². The van der Waals surface area contributed by atoms with Crippen LogP contribution >= 0.6 is 11.6 Å². The van der Waals surface area contributed by atoms with Crippen molar-refractivity contribution >= 4 is 11.6 Å². The summed E-state index contributed by atoms with van der Waals surface area (Å²) in [5, 5.41) is 13.7. The number of hydrogen-bond acceptors (Lipinski definition) is 4. The molecule has 0 amide bonds. The number of hydrogen-bond donors (Lipinski definition) is 1. The normalized spacial score (nSPS) is 10.8. The molecular formula is C15H10ClFN2O2. The van der Waals surface area contributed by atoms with Gasteiger partial charge < -0.3 is 9.63 Å². The van der Waals surface area contributed by atoms with E-state index in [0.717, 1.165) is 5.56 Å². The van der Waals surface area contributed by atoms with E-state index in [-0.39, 0.29) is 23.3 Å². The molecule has 0 fully saturated rings. The third-order valence-electron chi connectivity index (χ3n) is 2.91. The Morgan fingerprint density at radius 3 is 2.76 bits per heavy atom. The highest BCUT2D eigenvalue weighted by molar-refractivity contribution is 6.33. The van der Waals surface area contributed by atoms with E-state index >= 15 is 0 Å². The molecule has 1 heterocycles. The Morgan fingerprint density at radius 1 is 1.19 bits per heavy atom. The fraction of sp³-hybridized carbons (Fsp3) is 0.0667. The molecule has 4 nitrogen and oxygen atoms in total. The van der Waals surface area contributed by atoms with Gasteiger partial charge in [0.05, 0.1) is 10.6 Å². The van der Waals surface area contributed by atoms with Crippen molar-refractivity contribution in [1.29, 1.82) is 0 Å². The van der Waals surface area contributed by atoms with E-state index in [2.05, 4.69) is 10.1 Å². The van der Waals surface area contributed by atoms with Crippen LogP contribution in [-0.4, -0.2) is 15.2 Å². The summed E-state index contributed by atoms with van der Waals surface area (Å²) >= 11 is 6.04. The van der Waals surface area contributed by atoms with Gasteiger partial charge in [-0.25, -0.2) is 4.39 Å². The van der Waals surface area contributed by atoms with Crippen LogP contribution in [0.2, 0.25) is 5.02 Å². The Balaban J connectivity index is 2.05. The molecule has 21 heavy (non-hydrogen) atoms. The lowest BCUT2D eigenvalue weighted by molar-refractivity contribution is 0.431. The van der Waals surface area contributed by atoms with Crippen molar-refractivity contribution in [3.63, 3.8) is 0 Å². The molecule has 0 saturated carbocycles. The predicted molar refractivity (Wildman–Crippen MR) is 76.5 cm³/mol. The molecule has 0 aliphatic carbocycles. The van der Waals surface area contributed by atoms with E-state index in [1.807, 2.05) is 0 Å². The first-order valence-corrected chi connectivity index (χ1v) is 6.51. The first kappa shape index (κ1) is 13.6. The highest BCUT2D eigenvalue weighted by Gasteiger charge is 2.15. The summed E-state index contributed by atoms with van der Waals surface area (Å²) in [6, 6.07) is 8.90. The first-order chi connectivity index (χ1) is 10.0. The zero-order valence-electron chi connectivity index (χ0n) is 11.0. The number of aromatic hydroxyl groups is 1. The summed E-state index contributed by atoms with van der Waals surface area (Å²) in [5.74, 6) is 0.0855. The molecule has 1 N–H and O–H groups in total. The molecule has 0 radical (unpaired) electrons. The topological polar surface area (TPSA) is 59.2 Å². The molecule has 6 heteroatoms. The van der Waals surface area contributed by atoms with Gasteiger partial charge in [0.25, 0.3) is 5.89 Å². The van der Waals surface area contributed by atoms with Crippen LogP contribution in [0.25, 0.3) is 22.8 Å². The second-order valence-electron chi connectivity index (χ2n) is 4.60. The average Bonchev–Trinajstić information content (AvgIpc) is 2.90. The zero-order chi connectivity index (χ0) is 15.0. The van der Waals surface area contributed by atoms with E-state index in [0.29, 0.717) is 16.1 Å². The molecule has 0 saturated heterocycles. The van der Waals surface area contributed by atoms with Crippen LogP contribution < -0.4 is 0 Å². The van der Waals surface area contributed by atoms with Gasteiger partial charge in [-0.05, 0) is 48.9 Å². The van der Waals surface area contributed by atoms with Crippen LogP contribution in [0.1, 0.15) is 5.56 Å². The van der Waals surface area contributed by atoms with Crippen LogP contribution in [0.5, 0.6) is 5.75 Å². The predicted octanol–water partition coefficient (Wildman–Crippen LogP) is 4.21. The van der Waals surface area contributed by atoms with Crippen molar-refractivity contribution < 1.29 is 14.0 Å². The molecule has 106 valence electrons. The molecular weight excluding hydrogens is 295 g/mol. The van der Waals surface area contributed by atoms with Gasteiger partial charge in [0, 0.05) is 5.56 Å². The van der Waals surface area contributed by atoms with Crippen LogP contribution in [0.3, 0.4) is 0 Å². The molecule has 3 rings (SSSR count). The van der Waals surface area contributed by atoms with Gasteiger partial charge in [0.1, 0.15) is 11.6 Å². The summed E-state index contributed by atoms with van der Waals surface area (Å²) < 4.78 is 18.6. The number of phenols is 1. The Kier molecular flexibility index (Phi) is 3.35. The molecule has 3 aromatic rings. The minimum absolute atomic E-state index is 0.0377. The second kappa shape index (κ2) is 5.18. The largest absolute Gasteiger partial charge is 0.508 e. The highest BCUT2D eigenvalue weighted by Crippen LogP contribution is 2.31. The van der Waals surface area contributed by atoms with Crippen LogP contribution in [0.4, 0.5) is 4.39 Å². The van der Waals surface area contributed by atoms with Crippen molar-refractivity contribution in [2.45, 2.75) is 6.92 Å². The zero-order valence-corrected chi connectivity index (χ0v) is 11.7. The van der Waals surface area contributed by atoms with Gasteiger partial charge in [0.2, 0.25) is 5.82 Å². The quantitative estimate of drug-likeness (QED) is 0.770. The van der Waals surface area contributed by atoms with Gasteiger partial charge >= 0.3 is 0 Å². The van der Waals surface area contributed by atoms with Gasteiger partial charge in [-0.1, -0.05) is 16.8 Å². The molecule has 2 aromatic carbocycles. The van der Waals surface area contributed by atoms with E-state index < -0.39 is 0 Å². The van der Waals surface area contributed by atoms with Gasteiger partial charge in [-0.2, -0.15) is 4.98 Å². The lowest BCUT2D eigenvalue weighted by Crippen LogP contribution is -1.86. The SMILES string of the molecule is Cc1cc(F)cc(-c2noc(-c3cc(O)ccc3Cl)n2)c1. The molecule has 0 aliphatic heterocycles. The maximum atomic E-state index is 13.4. The van der Waals surface area contributed by atoms with Crippen molar-refractivity contribution in [2.24, 2.45) is 0 Å². The minimum Gasteiger partial charge on any atom is -0.508 e. The van der Waals surface area contributed by atoms with Crippen molar-refractivity contribution in [1.82, 2.24) is 10.1 Å². The summed E-state index contributed by atoms with van der Waals surface area (Å²) in [7, 11) is 0. The second-order valence-corrected chi connectivity index (χ2v) is 5.01. The minimum atomic E-state index is -0.369. The monoisotopic (exact) mass is 304 g/mol. The average molecular weight is 305 g/mol. The number of phenolic OH excluding ortho intramolecular Hbond substituents is 1. The van der Waals surface area contributed by atoms with Crippen molar-refractivity contribution in [3.05, 3.63) is 52.8 Å². The third kappa shape index (κ3) is 2.73. The summed E-state index contributed by atoms with van der Waals surface area (Å²) in [6.45, 7) is 1.78. The lowest BCUT2D eigenvalue weighted by Gasteiger charge is -1.99. The summed E-state index contributed by atoms with van der Waals surface area (Å²) in [6.07, 6.45) is 0. The number of aromatic nitrogens is 2. The number of nitrogens with zero attached hydrogens (tertiary/aromatic N) is 2. The van der Waals surface area contributed by atoms with Crippen molar-refractivity contribution in [2.75, 3.05) is 0 Å². The number of halogens is 2. The summed E-state index contributed by atoms with van der Waals surface area (Å²) in [4.78, 5) is 4.19. The van der Waals surface area contributed by atoms with Crippen LogP contribution in [0, 0.1) is 12.7 Å². The lowest BCUT2D eigenvalue weighted by atomic mass is 10.1. The van der Waals surface area contributed by atoms with Crippen LogP contribution in [0.15, 0.2) is 40.9 Å². The maximum Gasteiger partial charge on any atom is 0.259 e. The fourth-order valence-electron chi connectivity index (χ4n) is 1.99. The number of aryl methyl sites for hydroxylation is 1. The molecule has 1 aromatic heterocycles. The number of rotatable bonds is 2. The highest BCUT2D eigenvalue weighted by atomic mass is 35.5. The molecule has 0 aliphatic rings. The Morgan fingerprint density at radius 2 is 2.00 bits per heavy atom. The van der Waals surface area contributed by atoms with E-state index in [9.17, 15) is 9.50 Å². The fourth-order valence-corrected chi connectivity index (χ4v) is 2.19. The van der Waals surface area contributed by atoms with Gasteiger partial charge in [-0.3, -0.25) is 0 Å². The summed E-state index contributed by atoms with van der Waals surface area (Å²) in [5.41, 5.74) is 1.69. The van der Waals surface area contributed by atoms with Gasteiger partial charge in [-0.15, -0.1) is 0 Å².